The number of carbonyl (C=O) groups excluding carboxylic acids is 2. The number of anilines is 1. The number of sulfonamides is 1. The van der Waals surface area contributed by atoms with E-state index in [1.165, 1.54) is 47.4 Å². The maximum absolute atomic E-state index is 14.4. The minimum Gasteiger partial charge on any atom is -0.352 e. The van der Waals surface area contributed by atoms with Crippen molar-refractivity contribution < 1.29 is 31.2 Å². The predicted molar refractivity (Wildman–Crippen MR) is 177 cm³/mol. The van der Waals surface area contributed by atoms with Crippen LogP contribution in [0.25, 0.3) is 0 Å². The van der Waals surface area contributed by atoms with Gasteiger partial charge in [-0.05, 0) is 67.4 Å². The maximum Gasteiger partial charge on any atom is 0.416 e. The molecule has 248 valence electrons. The van der Waals surface area contributed by atoms with Crippen LogP contribution in [0.5, 0.6) is 0 Å². The zero-order valence-corrected chi connectivity index (χ0v) is 27.7. The predicted octanol–water partition coefficient (Wildman–Crippen LogP) is 7.37. The Morgan fingerprint density at radius 2 is 1.45 bits per heavy atom. The van der Waals surface area contributed by atoms with Gasteiger partial charge in [0.25, 0.3) is 10.0 Å². The summed E-state index contributed by atoms with van der Waals surface area (Å²) in [6, 6.07) is 22.9. The SMILES string of the molecule is CC(C)NC(=O)[C@@H](Cc1ccccc1)N(Cc1ccc(Cl)c(Cl)c1)C(=O)CN(c1cccc(C(F)(F)F)c1)S(=O)(=O)c1ccccc1. The quantitative estimate of drug-likeness (QED) is 0.167. The number of halogens is 5. The van der Waals surface area contributed by atoms with Gasteiger partial charge in [0.15, 0.2) is 0 Å². The lowest BCUT2D eigenvalue weighted by Crippen LogP contribution is -2.54. The Bertz CT molecular complexity index is 1810. The third-order valence-electron chi connectivity index (χ3n) is 7.11. The van der Waals surface area contributed by atoms with E-state index in [4.69, 9.17) is 23.2 Å². The molecule has 0 saturated carbocycles. The summed E-state index contributed by atoms with van der Waals surface area (Å²) in [5.74, 6) is -1.35. The van der Waals surface area contributed by atoms with Gasteiger partial charge in [-0.2, -0.15) is 13.2 Å². The molecule has 0 fully saturated rings. The summed E-state index contributed by atoms with van der Waals surface area (Å²) in [7, 11) is -4.57. The molecule has 1 atom stereocenters. The summed E-state index contributed by atoms with van der Waals surface area (Å²) < 4.78 is 69.8. The Morgan fingerprint density at radius 3 is 2.04 bits per heavy atom. The van der Waals surface area contributed by atoms with Crippen molar-refractivity contribution in [1.82, 2.24) is 10.2 Å². The third-order valence-corrected chi connectivity index (χ3v) is 9.64. The number of alkyl halides is 3. The van der Waals surface area contributed by atoms with E-state index in [2.05, 4.69) is 5.32 Å². The number of rotatable bonds is 12. The van der Waals surface area contributed by atoms with Crippen molar-refractivity contribution >= 4 is 50.7 Å². The fraction of sp³-hybridized carbons (Fsp3) is 0.235. The van der Waals surface area contributed by atoms with E-state index in [-0.39, 0.29) is 39.6 Å². The fourth-order valence-electron chi connectivity index (χ4n) is 4.86. The molecule has 0 unspecified atom stereocenters. The van der Waals surface area contributed by atoms with E-state index in [9.17, 15) is 31.2 Å². The number of carbonyl (C=O) groups is 2. The van der Waals surface area contributed by atoms with Crippen LogP contribution < -0.4 is 9.62 Å². The summed E-state index contributed by atoms with van der Waals surface area (Å²) in [6.07, 6.45) is -4.72. The standard InChI is InChI=1S/C34H32Cl2F3N3O4S/c1-23(2)40-33(44)31(19-24-10-5-3-6-11-24)41(21-25-16-17-29(35)30(36)18-25)32(43)22-42(47(45,46)28-14-7-4-8-15-28)27-13-9-12-26(20-27)34(37,38)39/h3-18,20,23,31H,19,21-22H2,1-2H3,(H,40,44)/t31-/m1/s1. The minimum absolute atomic E-state index is 0.0570. The molecule has 13 heteroatoms. The first kappa shape index (κ1) is 35.8. The van der Waals surface area contributed by atoms with E-state index in [1.54, 1.807) is 56.3 Å². The van der Waals surface area contributed by atoms with E-state index >= 15 is 0 Å². The molecule has 0 spiro atoms. The number of hydrogen-bond acceptors (Lipinski definition) is 4. The molecule has 4 rings (SSSR count). The van der Waals surface area contributed by atoms with Gasteiger partial charge in [-0.25, -0.2) is 8.42 Å². The summed E-state index contributed by atoms with van der Waals surface area (Å²) in [5, 5.41) is 3.29. The van der Waals surface area contributed by atoms with Crippen LogP contribution in [0.3, 0.4) is 0 Å². The molecule has 47 heavy (non-hydrogen) atoms. The van der Waals surface area contributed by atoms with Crippen molar-refractivity contribution in [1.29, 1.82) is 0 Å². The van der Waals surface area contributed by atoms with Gasteiger partial charge in [0, 0.05) is 19.0 Å². The molecule has 0 aliphatic carbocycles. The Labute approximate surface area is 282 Å². The van der Waals surface area contributed by atoms with Gasteiger partial charge < -0.3 is 10.2 Å². The Balaban J connectivity index is 1.85. The lowest BCUT2D eigenvalue weighted by atomic mass is 10.0. The van der Waals surface area contributed by atoms with Crippen molar-refractivity contribution in [3.63, 3.8) is 0 Å². The van der Waals surface area contributed by atoms with Gasteiger partial charge in [0.2, 0.25) is 11.8 Å². The minimum atomic E-state index is -4.78. The highest BCUT2D eigenvalue weighted by Crippen LogP contribution is 2.33. The maximum atomic E-state index is 14.4. The lowest BCUT2D eigenvalue weighted by molar-refractivity contribution is -0.140. The second-order valence-electron chi connectivity index (χ2n) is 11.0. The topological polar surface area (TPSA) is 86.8 Å². The van der Waals surface area contributed by atoms with Gasteiger partial charge in [-0.15, -0.1) is 0 Å². The van der Waals surface area contributed by atoms with Gasteiger partial charge >= 0.3 is 6.18 Å². The van der Waals surface area contributed by atoms with Crippen LogP contribution in [-0.2, 0) is 38.8 Å². The van der Waals surface area contributed by atoms with Crippen molar-refractivity contribution in [3.05, 3.63) is 130 Å². The van der Waals surface area contributed by atoms with Gasteiger partial charge in [0.1, 0.15) is 12.6 Å². The molecule has 4 aromatic rings. The summed E-state index contributed by atoms with van der Waals surface area (Å²) in [6.45, 7) is 2.40. The zero-order valence-electron chi connectivity index (χ0n) is 25.4. The van der Waals surface area contributed by atoms with Crippen LogP contribution in [0.1, 0.15) is 30.5 Å². The molecule has 0 aromatic heterocycles. The molecule has 0 heterocycles. The molecule has 0 saturated heterocycles. The molecule has 1 N–H and O–H groups in total. The molecule has 0 aliphatic heterocycles. The van der Waals surface area contributed by atoms with E-state index in [1.807, 2.05) is 0 Å². The molecular weight excluding hydrogens is 674 g/mol. The number of nitrogens with one attached hydrogen (secondary N) is 1. The molecular formula is C34H32Cl2F3N3O4S. The smallest absolute Gasteiger partial charge is 0.352 e. The molecule has 2 amide bonds. The first-order valence-corrected chi connectivity index (χ1v) is 16.7. The van der Waals surface area contributed by atoms with Crippen LogP contribution in [0, 0.1) is 0 Å². The van der Waals surface area contributed by atoms with Crippen LogP contribution in [0.15, 0.2) is 108 Å². The Hall–Kier alpha value is -4.06. The average molecular weight is 707 g/mol. The normalized spacial score (nSPS) is 12.4. The average Bonchev–Trinajstić information content (AvgIpc) is 3.03. The van der Waals surface area contributed by atoms with Gasteiger partial charge in [-0.1, -0.05) is 83.9 Å². The van der Waals surface area contributed by atoms with Crippen molar-refractivity contribution in [3.8, 4) is 0 Å². The largest absolute Gasteiger partial charge is 0.416 e. The van der Waals surface area contributed by atoms with Crippen LogP contribution >= 0.6 is 23.2 Å². The summed E-state index contributed by atoms with van der Waals surface area (Å²) >= 11 is 12.4. The Morgan fingerprint density at radius 1 is 0.809 bits per heavy atom. The molecule has 4 aromatic carbocycles. The lowest BCUT2D eigenvalue weighted by Gasteiger charge is -2.34. The van der Waals surface area contributed by atoms with Crippen LogP contribution in [0.2, 0.25) is 10.0 Å². The van der Waals surface area contributed by atoms with Gasteiger partial charge in [0.05, 0.1) is 26.2 Å². The third kappa shape index (κ3) is 9.27. The van der Waals surface area contributed by atoms with Crippen molar-refractivity contribution in [2.24, 2.45) is 0 Å². The summed E-state index contributed by atoms with van der Waals surface area (Å²) in [5.41, 5.74) is -0.269. The fourth-order valence-corrected chi connectivity index (χ4v) is 6.60. The van der Waals surface area contributed by atoms with Crippen molar-refractivity contribution in [2.45, 2.75) is 50.0 Å². The van der Waals surface area contributed by atoms with Gasteiger partial charge in [-0.3, -0.25) is 13.9 Å². The van der Waals surface area contributed by atoms with E-state index in [0.717, 1.165) is 17.7 Å². The number of amides is 2. The van der Waals surface area contributed by atoms with E-state index in [0.29, 0.717) is 15.9 Å². The first-order chi connectivity index (χ1) is 22.2. The molecule has 7 nitrogen and oxygen atoms in total. The Kier molecular flexibility index (Phi) is 11.6. The van der Waals surface area contributed by atoms with E-state index < -0.39 is 46.2 Å². The monoisotopic (exact) mass is 705 g/mol. The van der Waals surface area contributed by atoms with Crippen molar-refractivity contribution in [2.75, 3.05) is 10.8 Å². The molecule has 0 bridgehead atoms. The highest BCUT2D eigenvalue weighted by molar-refractivity contribution is 7.92. The highest BCUT2D eigenvalue weighted by Gasteiger charge is 2.36. The molecule has 0 radical (unpaired) electrons. The number of nitrogens with zero attached hydrogens (tertiary/aromatic N) is 2. The second-order valence-corrected chi connectivity index (χ2v) is 13.7. The highest BCUT2D eigenvalue weighted by atomic mass is 35.5. The first-order valence-electron chi connectivity index (χ1n) is 14.5. The second kappa shape index (κ2) is 15.2. The van der Waals surface area contributed by atoms with Crippen LogP contribution in [-0.4, -0.2) is 43.8 Å². The number of benzene rings is 4. The van der Waals surface area contributed by atoms with Crippen LogP contribution in [0.4, 0.5) is 18.9 Å². The summed E-state index contributed by atoms with van der Waals surface area (Å²) in [4.78, 5) is 29.1. The zero-order chi connectivity index (χ0) is 34.4. The molecule has 0 aliphatic rings. The number of hydrogen-bond donors (Lipinski definition) is 1.